The Morgan fingerprint density at radius 1 is 0.359 bits per heavy atom. The summed E-state index contributed by atoms with van der Waals surface area (Å²) >= 11 is 0. The molecule has 186 valence electrons. The first-order chi connectivity index (χ1) is 19.3. The summed E-state index contributed by atoms with van der Waals surface area (Å²) in [5.41, 5.74) is 8.24. The third kappa shape index (κ3) is 3.05. The maximum Gasteiger partial charge on any atom is 0.146 e. The first-order valence-electron chi connectivity index (χ1n) is 13.8. The highest BCUT2D eigenvalue weighted by Gasteiger charge is 2.54. The molecule has 0 saturated heterocycles. The second-order valence-electron chi connectivity index (χ2n) is 10.7. The van der Waals surface area contributed by atoms with Gasteiger partial charge in [0.2, 0.25) is 0 Å². The van der Waals surface area contributed by atoms with Crippen molar-refractivity contribution in [3.8, 4) is 0 Å². The highest BCUT2D eigenvalue weighted by molar-refractivity contribution is 5.99. The van der Waals surface area contributed by atoms with Crippen LogP contribution in [0.15, 0.2) is 146 Å². The van der Waals surface area contributed by atoms with Crippen molar-refractivity contribution in [3.05, 3.63) is 190 Å². The normalized spacial score (nSPS) is 16.3. The number of benzene rings is 6. The third-order valence-electron chi connectivity index (χ3n) is 8.78. The molecule has 1 heterocycles. The van der Waals surface area contributed by atoms with Crippen LogP contribution in [-0.2, 0) is 28.8 Å². The van der Waals surface area contributed by atoms with Gasteiger partial charge in [0.15, 0.2) is 0 Å². The van der Waals surface area contributed by atoms with Crippen molar-refractivity contribution in [1.29, 1.82) is 0 Å². The van der Waals surface area contributed by atoms with Gasteiger partial charge in [0, 0.05) is 11.1 Å². The van der Waals surface area contributed by atoms with Gasteiger partial charge in [-0.1, -0.05) is 146 Å². The molecule has 1 aliphatic carbocycles. The zero-order valence-electron chi connectivity index (χ0n) is 21.7. The van der Waals surface area contributed by atoms with E-state index in [1.54, 1.807) is 0 Å². The number of ether oxygens (including phenoxy) is 1. The van der Waals surface area contributed by atoms with Crippen LogP contribution >= 0.6 is 0 Å². The zero-order chi connectivity index (χ0) is 25.9. The Bertz CT molecular complexity index is 1600. The fourth-order valence-corrected chi connectivity index (χ4v) is 7.14. The van der Waals surface area contributed by atoms with Gasteiger partial charge in [-0.15, -0.1) is 0 Å². The maximum absolute atomic E-state index is 7.92. The largest absolute Gasteiger partial charge is 0.340 e. The maximum atomic E-state index is 7.92. The molecule has 39 heavy (non-hydrogen) atoms. The molecule has 0 radical (unpaired) electrons. The number of aryl methyl sites for hydroxylation is 2. The summed E-state index contributed by atoms with van der Waals surface area (Å²) in [5.74, 6) is 0. The first kappa shape index (κ1) is 22.5. The van der Waals surface area contributed by atoms with Gasteiger partial charge in [-0.3, -0.25) is 0 Å². The van der Waals surface area contributed by atoms with Crippen LogP contribution < -0.4 is 0 Å². The van der Waals surface area contributed by atoms with Crippen molar-refractivity contribution in [1.82, 2.24) is 0 Å². The molecule has 0 amide bonds. The molecule has 6 aromatic rings. The van der Waals surface area contributed by atoms with Crippen molar-refractivity contribution in [2.45, 2.75) is 24.0 Å². The Balaban J connectivity index is 1.63. The third-order valence-corrected chi connectivity index (χ3v) is 8.78. The minimum absolute atomic E-state index is 0.819. The Kier molecular flexibility index (Phi) is 4.92. The van der Waals surface area contributed by atoms with Gasteiger partial charge in [0.05, 0.1) is 0 Å². The lowest BCUT2D eigenvalue weighted by Crippen LogP contribution is -2.47. The van der Waals surface area contributed by atoms with Crippen molar-refractivity contribution in [3.63, 3.8) is 0 Å². The Labute approximate surface area is 229 Å². The predicted octanol–water partition coefficient (Wildman–Crippen LogP) is 8.55. The summed E-state index contributed by atoms with van der Waals surface area (Å²) < 4.78 is 7.92. The van der Waals surface area contributed by atoms with Crippen molar-refractivity contribution in [2.24, 2.45) is 0 Å². The highest BCUT2D eigenvalue weighted by atomic mass is 16.5. The van der Waals surface area contributed by atoms with E-state index in [0.717, 1.165) is 35.1 Å². The fraction of sp³-hybridized carbons (Fsp3) is 0.105. The lowest BCUT2D eigenvalue weighted by atomic mass is 9.68. The quantitative estimate of drug-likeness (QED) is 0.236. The molecule has 8 rings (SSSR count). The first-order valence-corrected chi connectivity index (χ1v) is 13.8. The highest BCUT2D eigenvalue weighted by Crippen LogP contribution is 2.58. The Morgan fingerprint density at radius 3 is 1.03 bits per heavy atom. The molecule has 0 atom stereocenters. The molecule has 0 N–H and O–H groups in total. The van der Waals surface area contributed by atoms with Gasteiger partial charge < -0.3 is 4.74 Å². The van der Waals surface area contributed by atoms with Crippen molar-refractivity contribution < 1.29 is 4.74 Å². The minimum atomic E-state index is -0.819. The van der Waals surface area contributed by atoms with Crippen molar-refractivity contribution in [2.75, 3.05) is 0 Å². The molecule has 1 heteroatoms. The van der Waals surface area contributed by atoms with E-state index in [4.69, 9.17) is 4.74 Å². The van der Waals surface area contributed by atoms with E-state index in [1.807, 2.05) is 0 Å². The molecule has 0 saturated carbocycles. The zero-order valence-corrected chi connectivity index (χ0v) is 21.7. The molecule has 1 aliphatic heterocycles. The van der Waals surface area contributed by atoms with Crippen LogP contribution in [0.3, 0.4) is 0 Å². The van der Waals surface area contributed by atoms with E-state index in [-0.39, 0.29) is 0 Å². The Morgan fingerprint density at radius 2 is 0.692 bits per heavy atom. The molecular weight excluding hydrogens is 472 g/mol. The van der Waals surface area contributed by atoms with Crippen LogP contribution in [0.4, 0.5) is 0 Å². The van der Waals surface area contributed by atoms with Crippen LogP contribution in [0, 0.1) is 0 Å². The van der Waals surface area contributed by atoms with E-state index < -0.39 is 11.2 Å². The molecule has 0 fully saturated rings. The molecule has 0 aromatic heterocycles. The molecule has 2 aliphatic rings. The smallest absolute Gasteiger partial charge is 0.146 e. The van der Waals surface area contributed by atoms with Crippen LogP contribution in [0.1, 0.15) is 44.5 Å². The van der Waals surface area contributed by atoms with Crippen LogP contribution in [0.5, 0.6) is 0 Å². The van der Waals surface area contributed by atoms with Gasteiger partial charge in [-0.25, -0.2) is 0 Å². The summed E-state index contributed by atoms with van der Waals surface area (Å²) in [6.45, 7) is 0. The number of hydrogen-bond donors (Lipinski definition) is 0. The average molecular weight is 501 g/mol. The summed E-state index contributed by atoms with van der Waals surface area (Å²) in [6.07, 6.45) is 2.17. The molecule has 6 aromatic carbocycles. The second kappa shape index (κ2) is 8.53. The van der Waals surface area contributed by atoms with E-state index in [1.165, 1.54) is 33.0 Å². The Hall–Kier alpha value is -4.46. The molecule has 0 spiro atoms. The second-order valence-corrected chi connectivity index (χ2v) is 10.7. The molecule has 0 unspecified atom stereocenters. The number of rotatable bonds is 4. The fourth-order valence-electron chi connectivity index (χ4n) is 7.14. The monoisotopic (exact) mass is 500 g/mol. The topological polar surface area (TPSA) is 9.23 Å². The van der Waals surface area contributed by atoms with Gasteiger partial charge in [-0.05, 0) is 57.0 Å². The van der Waals surface area contributed by atoms with Gasteiger partial charge in [-0.2, -0.15) is 0 Å². The van der Waals surface area contributed by atoms with Crippen LogP contribution in [0.25, 0.3) is 10.8 Å². The lowest BCUT2D eigenvalue weighted by molar-refractivity contribution is -0.0849. The van der Waals surface area contributed by atoms with Gasteiger partial charge >= 0.3 is 0 Å². The van der Waals surface area contributed by atoms with Crippen LogP contribution in [-0.4, -0.2) is 0 Å². The predicted molar refractivity (Wildman–Crippen MR) is 158 cm³/mol. The molecular formula is C38H28O. The van der Waals surface area contributed by atoms with E-state index in [2.05, 4.69) is 146 Å². The van der Waals surface area contributed by atoms with Gasteiger partial charge in [0.25, 0.3) is 0 Å². The van der Waals surface area contributed by atoms with E-state index >= 15 is 0 Å². The molecule has 0 bridgehead atoms. The standard InChI is InChI=1S/C38H28O/c1-5-13-29(14-6-1)37(30-15-7-2-8-16-30)33-25-23-27-21-22-28-24-26-34(36(33)35(27)28)38(39-37,31-17-9-3-10-18-31)32-19-11-4-12-20-32/h1-20,23-26H,21-22H2. The summed E-state index contributed by atoms with van der Waals surface area (Å²) in [4.78, 5) is 0. The summed E-state index contributed by atoms with van der Waals surface area (Å²) in [5, 5.41) is 2.76. The minimum Gasteiger partial charge on any atom is -0.340 e. The molecule has 1 nitrogen and oxygen atoms in total. The number of hydrogen-bond acceptors (Lipinski definition) is 1. The van der Waals surface area contributed by atoms with Gasteiger partial charge in [0.1, 0.15) is 11.2 Å². The lowest BCUT2D eigenvalue weighted by Gasteiger charge is -2.50. The van der Waals surface area contributed by atoms with E-state index in [9.17, 15) is 0 Å². The summed E-state index contributed by atoms with van der Waals surface area (Å²) in [7, 11) is 0. The van der Waals surface area contributed by atoms with Crippen molar-refractivity contribution >= 4 is 10.8 Å². The van der Waals surface area contributed by atoms with Crippen LogP contribution in [0.2, 0.25) is 0 Å². The SMILES string of the molecule is c1ccc(C2(c3ccccc3)OC(c3ccccc3)(c3ccccc3)c3ccc4c5c(ccc2c35)CC4)cc1. The van der Waals surface area contributed by atoms with E-state index in [0.29, 0.717) is 0 Å². The average Bonchev–Trinajstić information content (AvgIpc) is 3.46. The summed E-state index contributed by atoms with van der Waals surface area (Å²) in [6, 6.07) is 52.6.